The van der Waals surface area contributed by atoms with E-state index in [-0.39, 0.29) is 11.3 Å². The fourth-order valence-electron chi connectivity index (χ4n) is 1.99. The van der Waals surface area contributed by atoms with Gasteiger partial charge in [0.05, 0.1) is 0 Å². The van der Waals surface area contributed by atoms with Gasteiger partial charge in [0.25, 0.3) is 0 Å². The summed E-state index contributed by atoms with van der Waals surface area (Å²) >= 11 is 0. The summed E-state index contributed by atoms with van der Waals surface area (Å²) in [5.74, 6) is 0.281. The largest absolute Gasteiger partial charge is 0.314 e. The predicted molar refractivity (Wildman–Crippen MR) is 53.8 cm³/mol. The quantitative estimate of drug-likeness (QED) is 0.699. The molecule has 1 aliphatic heterocycles. The number of ketones is 1. The summed E-state index contributed by atoms with van der Waals surface area (Å²) in [5, 5.41) is 3.31. The zero-order valence-electron chi connectivity index (χ0n) is 8.89. The second-order valence-corrected chi connectivity index (χ2v) is 4.43. The summed E-state index contributed by atoms with van der Waals surface area (Å²) < 4.78 is 0. The number of carbonyl (C=O) groups excluding carboxylic acids is 1. The summed E-state index contributed by atoms with van der Waals surface area (Å²) in [4.78, 5) is 13.5. The average molecular weight is 184 g/mol. The Balaban J connectivity index is 2.50. The molecule has 1 heterocycles. The number of hydrogen-bond donors (Lipinski definition) is 1. The number of rotatable bonds is 3. The van der Waals surface area contributed by atoms with Crippen molar-refractivity contribution in [1.82, 2.24) is 10.2 Å². The van der Waals surface area contributed by atoms with Gasteiger partial charge in [-0.1, -0.05) is 0 Å². The topological polar surface area (TPSA) is 32.3 Å². The Labute approximate surface area is 80.5 Å². The molecule has 1 N–H and O–H groups in total. The molecule has 0 aromatic carbocycles. The van der Waals surface area contributed by atoms with Gasteiger partial charge in [-0.2, -0.15) is 0 Å². The molecule has 0 bridgehead atoms. The minimum absolute atomic E-state index is 0.0356. The lowest BCUT2D eigenvalue weighted by molar-refractivity contribution is -0.119. The van der Waals surface area contributed by atoms with Gasteiger partial charge < -0.3 is 5.32 Å². The van der Waals surface area contributed by atoms with E-state index in [1.807, 2.05) is 0 Å². The Bertz CT molecular complexity index is 183. The van der Waals surface area contributed by atoms with Crippen LogP contribution < -0.4 is 5.32 Å². The molecule has 0 aromatic rings. The molecule has 3 nitrogen and oxygen atoms in total. The average Bonchev–Trinajstić information content (AvgIpc) is 2.04. The van der Waals surface area contributed by atoms with Gasteiger partial charge in [0, 0.05) is 38.1 Å². The molecule has 0 atom stereocenters. The first kappa shape index (κ1) is 10.7. The first-order chi connectivity index (χ1) is 6.02. The number of hydrogen-bond acceptors (Lipinski definition) is 3. The third-order valence-corrected chi connectivity index (χ3v) is 2.65. The highest BCUT2D eigenvalue weighted by Gasteiger charge is 2.28. The maximum Gasteiger partial charge on any atom is 0.131 e. The van der Waals surface area contributed by atoms with Crippen molar-refractivity contribution in [3.63, 3.8) is 0 Å². The molecule has 0 spiro atoms. The van der Waals surface area contributed by atoms with Crippen molar-refractivity contribution in [1.29, 1.82) is 0 Å². The molecule has 0 aromatic heterocycles. The van der Waals surface area contributed by atoms with Gasteiger partial charge in [0.1, 0.15) is 5.78 Å². The number of Topliss-reactive ketones (excluding diaryl/α,β-unsaturated/α-hetero) is 1. The van der Waals surface area contributed by atoms with Crippen molar-refractivity contribution in [3.8, 4) is 0 Å². The van der Waals surface area contributed by atoms with E-state index >= 15 is 0 Å². The minimum Gasteiger partial charge on any atom is -0.314 e. The molecule has 0 aliphatic carbocycles. The van der Waals surface area contributed by atoms with E-state index in [9.17, 15) is 4.79 Å². The Morgan fingerprint density at radius 3 is 2.38 bits per heavy atom. The Kier molecular flexibility index (Phi) is 3.45. The van der Waals surface area contributed by atoms with Gasteiger partial charge in [-0.25, -0.2) is 0 Å². The third kappa shape index (κ3) is 3.08. The van der Waals surface area contributed by atoms with Gasteiger partial charge >= 0.3 is 0 Å². The van der Waals surface area contributed by atoms with E-state index in [0.717, 1.165) is 26.2 Å². The van der Waals surface area contributed by atoms with Crippen molar-refractivity contribution in [2.24, 2.45) is 0 Å². The highest BCUT2D eigenvalue weighted by Crippen LogP contribution is 2.19. The first-order valence-corrected chi connectivity index (χ1v) is 4.97. The van der Waals surface area contributed by atoms with Gasteiger partial charge in [0.2, 0.25) is 0 Å². The summed E-state index contributed by atoms with van der Waals surface area (Å²) in [5.41, 5.74) is 0.0356. The summed E-state index contributed by atoms with van der Waals surface area (Å²) in [6.45, 7) is 10.2. The molecule has 1 fully saturated rings. The zero-order valence-corrected chi connectivity index (χ0v) is 8.89. The van der Waals surface area contributed by atoms with Gasteiger partial charge in [0.15, 0.2) is 0 Å². The summed E-state index contributed by atoms with van der Waals surface area (Å²) in [7, 11) is 0. The van der Waals surface area contributed by atoms with Crippen LogP contribution in [0.2, 0.25) is 0 Å². The van der Waals surface area contributed by atoms with Crippen molar-refractivity contribution >= 4 is 5.78 Å². The van der Waals surface area contributed by atoms with Crippen LogP contribution >= 0.6 is 0 Å². The number of nitrogens with one attached hydrogen (secondary N) is 1. The van der Waals surface area contributed by atoms with E-state index in [1.54, 1.807) is 6.92 Å². The lowest BCUT2D eigenvalue weighted by Crippen LogP contribution is -2.53. The Hall–Kier alpha value is -0.410. The van der Waals surface area contributed by atoms with E-state index in [4.69, 9.17) is 0 Å². The predicted octanol–water partition coefficient (Wildman–Crippen LogP) is 0.649. The first-order valence-electron chi connectivity index (χ1n) is 4.97. The molecule has 1 saturated heterocycles. The van der Waals surface area contributed by atoms with Crippen LogP contribution in [0.25, 0.3) is 0 Å². The SMILES string of the molecule is CC(=O)CC(C)(C)N1CCNCC1. The Morgan fingerprint density at radius 1 is 1.38 bits per heavy atom. The van der Waals surface area contributed by atoms with Crippen molar-refractivity contribution in [2.45, 2.75) is 32.7 Å². The molecule has 0 amide bonds. The Morgan fingerprint density at radius 2 is 1.92 bits per heavy atom. The van der Waals surface area contributed by atoms with E-state index in [2.05, 4.69) is 24.1 Å². The van der Waals surface area contributed by atoms with Crippen LogP contribution in [-0.4, -0.2) is 42.4 Å². The normalized spacial score (nSPS) is 20.2. The minimum atomic E-state index is 0.0356. The second-order valence-electron chi connectivity index (χ2n) is 4.43. The standard InChI is InChI=1S/C10H20N2O/c1-9(13)8-10(2,3)12-6-4-11-5-7-12/h11H,4-8H2,1-3H3. The number of nitrogens with zero attached hydrogens (tertiary/aromatic N) is 1. The van der Waals surface area contributed by atoms with Crippen LogP contribution in [0.15, 0.2) is 0 Å². The van der Waals surface area contributed by atoms with E-state index < -0.39 is 0 Å². The maximum absolute atomic E-state index is 11.1. The van der Waals surface area contributed by atoms with Gasteiger partial charge in [-0.3, -0.25) is 9.69 Å². The smallest absolute Gasteiger partial charge is 0.131 e. The maximum atomic E-state index is 11.1. The highest BCUT2D eigenvalue weighted by atomic mass is 16.1. The van der Waals surface area contributed by atoms with Crippen LogP contribution in [0, 0.1) is 0 Å². The zero-order chi connectivity index (χ0) is 9.90. The lowest BCUT2D eigenvalue weighted by atomic mass is 9.95. The second kappa shape index (κ2) is 4.20. The molecule has 0 saturated carbocycles. The highest BCUT2D eigenvalue weighted by molar-refractivity contribution is 5.76. The van der Waals surface area contributed by atoms with Crippen LogP contribution in [0.5, 0.6) is 0 Å². The van der Waals surface area contributed by atoms with E-state index in [0.29, 0.717) is 6.42 Å². The van der Waals surface area contributed by atoms with Gasteiger partial charge in [-0.15, -0.1) is 0 Å². The van der Waals surface area contributed by atoms with Crippen molar-refractivity contribution in [3.05, 3.63) is 0 Å². The number of piperazine rings is 1. The molecule has 13 heavy (non-hydrogen) atoms. The molecule has 76 valence electrons. The molecular formula is C10H20N2O. The summed E-state index contributed by atoms with van der Waals surface area (Å²) in [6.07, 6.45) is 0.660. The van der Waals surface area contributed by atoms with E-state index in [1.165, 1.54) is 0 Å². The number of carbonyl (C=O) groups is 1. The van der Waals surface area contributed by atoms with Crippen LogP contribution in [0.3, 0.4) is 0 Å². The van der Waals surface area contributed by atoms with Crippen LogP contribution in [-0.2, 0) is 4.79 Å². The molecule has 1 aliphatic rings. The molecule has 1 rings (SSSR count). The van der Waals surface area contributed by atoms with Crippen LogP contribution in [0.1, 0.15) is 27.2 Å². The fraction of sp³-hybridized carbons (Fsp3) is 0.900. The lowest BCUT2D eigenvalue weighted by Gasteiger charge is -2.40. The third-order valence-electron chi connectivity index (χ3n) is 2.65. The monoisotopic (exact) mass is 184 g/mol. The van der Waals surface area contributed by atoms with Crippen molar-refractivity contribution in [2.75, 3.05) is 26.2 Å². The van der Waals surface area contributed by atoms with Crippen molar-refractivity contribution < 1.29 is 4.79 Å². The molecule has 0 radical (unpaired) electrons. The van der Waals surface area contributed by atoms with Crippen LogP contribution in [0.4, 0.5) is 0 Å². The molecule has 3 heteroatoms. The molecular weight excluding hydrogens is 164 g/mol. The fourth-order valence-corrected chi connectivity index (χ4v) is 1.99. The summed E-state index contributed by atoms with van der Waals surface area (Å²) in [6, 6.07) is 0. The molecule has 0 unspecified atom stereocenters. The van der Waals surface area contributed by atoms with Gasteiger partial charge in [-0.05, 0) is 20.8 Å².